The fourth-order valence-electron chi connectivity index (χ4n) is 4.25. The maximum absolute atomic E-state index is 13.8. The third kappa shape index (κ3) is 6.11. The maximum Gasteiger partial charge on any atom is 0.325 e. The first-order valence-corrected chi connectivity index (χ1v) is 12.6. The minimum Gasteiger partial charge on any atom is -0.465 e. The summed E-state index contributed by atoms with van der Waals surface area (Å²) in [7, 11) is 0. The minimum absolute atomic E-state index is 0.150. The Labute approximate surface area is 212 Å². The van der Waals surface area contributed by atoms with Crippen molar-refractivity contribution in [2.24, 2.45) is 5.92 Å². The van der Waals surface area contributed by atoms with E-state index in [0.717, 1.165) is 12.0 Å². The molecule has 0 saturated heterocycles. The maximum atomic E-state index is 13.8. The highest BCUT2D eigenvalue weighted by molar-refractivity contribution is 5.81. The summed E-state index contributed by atoms with van der Waals surface area (Å²) in [4.78, 5) is 45.5. The number of urea groups is 1. The average molecular weight is 493 g/mol. The highest BCUT2D eigenvalue weighted by Crippen LogP contribution is 2.27. The Balaban J connectivity index is 2.15. The zero-order valence-electron chi connectivity index (χ0n) is 21.8. The van der Waals surface area contributed by atoms with E-state index in [0.29, 0.717) is 35.4 Å². The van der Waals surface area contributed by atoms with E-state index >= 15 is 0 Å². The number of carbonyl (C=O) groups excluding carboxylic acids is 2. The Morgan fingerprint density at radius 1 is 1.06 bits per heavy atom. The molecule has 1 atom stereocenters. The molecule has 36 heavy (non-hydrogen) atoms. The summed E-state index contributed by atoms with van der Waals surface area (Å²) in [5, 5.41) is 3.19. The van der Waals surface area contributed by atoms with Gasteiger partial charge in [-0.2, -0.15) is 0 Å². The molecule has 1 N–H and O–H groups in total. The number of fused-ring (bicyclic) bond motifs is 1. The second-order valence-corrected chi connectivity index (χ2v) is 9.08. The first-order valence-electron chi connectivity index (χ1n) is 12.6. The van der Waals surface area contributed by atoms with Crippen LogP contribution in [0, 0.1) is 5.92 Å². The zero-order valence-corrected chi connectivity index (χ0v) is 21.8. The van der Waals surface area contributed by atoms with Crippen molar-refractivity contribution >= 4 is 22.9 Å². The number of nitrogens with one attached hydrogen (secondary N) is 1. The van der Waals surface area contributed by atoms with Crippen molar-refractivity contribution in [3.8, 4) is 5.69 Å². The predicted molar refractivity (Wildman–Crippen MR) is 141 cm³/mol. The topological polar surface area (TPSA) is 93.5 Å². The summed E-state index contributed by atoms with van der Waals surface area (Å²) < 4.78 is 6.57. The van der Waals surface area contributed by atoms with Crippen molar-refractivity contribution in [1.29, 1.82) is 0 Å². The van der Waals surface area contributed by atoms with Gasteiger partial charge >= 0.3 is 12.0 Å². The van der Waals surface area contributed by atoms with E-state index in [1.807, 2.05) is 63.2 Å². The molecule has 2 aromatic carbocycles. The van der Waals surface area contributed by atoms with Gasteiger partial charge in [0.05, 0.1) is 29.2 Å². The fourth-order valence-corrected chi connectivity index (χ4v) is 4.25. The summed E-state index contributed by atoms with van der Waals surface area (Å²) in [6.45, 7) is 10.2. The molecule has 0 fully saturated rings. The summed E-state index contributed by atoms with van der Waals surface area (Å²) in [5.41, 5.74) is 2.25. The molecule has 1 heterocycles. The minimum atomic E-state index is -0.502. The van der Waals surface area contributed by atoms with Gasteiger partial charge in [0.2, 0.25) is 0 Å². The standard InChI is InChI=1S/C28H36N4O4/c1-6-20-13-15-21(16-14-20)32-26(30-23-12-10-9-11-22(23)27(32)34)24(7-2)31(18-19(4)5)28(35)29-17-25(33)36-8-3/h9-16,19,24H,6-8,17-18H2,1-5H3,(H,29,35). The van der Waals surface area contributed by atoms with Gasteiger partial charge in [-0.05, 0) is 55.5 Å². The van der Waals surface area contributed by atoms with E-state index in [1.165, 1.54) is 0 Å². The average Bonchev–Trinajstić information content (AvgIpc) is 2.87. The Bertz CT molecular complexity index is 1250. The molecule has 0 bridgehead atoms. The monoisotopic (exact) mass is 492 g/mol. The van der Waals surface area contributed by atoms with Crippen molar-refractivity contribution in [3.63, 3.8) is 0 Å². The van der Waals surface area contributed by atoms with Crippen molar-refractivity contribution in [2.45, 2.75) is 53.5 Å². The number of hydrogen-bond donors (Lipinski definition) is 1. The van der Waals surface area contributed by atoms with Gasteiger partial charge in [-0.1, -0.05) is 52.0 Å². The van der Waals surface area contributed by atoms with Gasteiger partial charge in [-0.25, -0.2) is 9.78 Å². The number of rotatable bonds is 10. The van der Waals surface area contributed by atoms with Crippen molar-refractivity contribution in [2.75, 3.05) is 19.7 Å². The lowest BCUT2D eigenvalue weighted by atomic mass is 10.1. The molecule has 3 rings (SSSR count). The van der Waals surface area contributed by atoms with E-state index in [4.69, 9.17) is 9.72 Å². The number of para-hydroxylation sites is 1. The van der Waals surface area contributed by atoms with Gasteiger partial charge in [0.25, 0.3) is 5.56 Å². The van der Waals surface area contributed by atoms with Crippen LogP contribution in [0.4, 0.5) is 4.79 Å². The lowest BCUT2D eigenvalue weighted by Gasteiger charge is -2.33. The highest BCUT2D eigenvalue weighted by Gasteiger charge is 2.30. The SMILES string of the molecule is CCOC(=O)CNC(=O)N(CC(C)C)C(CC)c1nc2ccccc2c(=O)n1-c1ccc(CC)cc1. The summed E-state index contributed by atoms with van der Waals surface area (Å²) in [6.07, 6.45) is 1.41. The van der Waals surface area contributed by atoms with E-state index in [1.54, 1.807) is 22.5 Å². The van der Waals surface area contributed by atoms with Gasteiger partial charge in [0.1, 0.15) is 12.4 Å². The third-order valence-electron chi connectivity index (χ3n) is 5.98. The number of nitrogens with zero attached hydrogens (tertiary/aromatic N) is 3. The molecule has 8 nitrogen and oxygen atoms in total. The van der Waals surface area contributed by atoms with Gasteiger partial charge in [0.15, 0.2) is 0 Å². The van der Waals surface area contributed by atoms with Crippen LogP contribution in [0.1, 0.15) is 58.5 Å². The summed E-state index contributed by atoms with van der Waals surface area (Å²) >= 11 is 0. The van der Waals surface area contributed by atoms with Gasteiger partial charge in [-0.3, -0.25) is 14.2 Å². The van der Waals surface area contributed by atoms with E-state index in [2.05, 4.69) is 12.2 Å². The van der Waals surface area contributed by atoms with Crippen LogP contribution < -0.4 is 10.9 Å². The third-order valence-corrected chi connectivity index (χ3v) is 5.98. The second kappa shape index (κ2) is 12.3. The molecule has 1 unspecified atom stereocenters. The quantitative estimate of drug-likeness (QED) is 0.417. The van der Waals surface area contributed by atoms with Crippen LogP contribution in [0.15, 0.2) is 53.3 Å². The molecule has 0 radical (unpaired) electrons. The Hall–Kier alpha value is -3.68. The molecule has 0 aliphatic heterocycles. The van der Waals surface area contributed by atoms with Gasteiger partial charge < -0.3 is 15.0 Å². The van der Waals surface area contributed by atoms with Crippen LogP contribution in [-0.2, 0) is 16.0 Å². The largest absolute Gasteiger partial charge is 0.465 e. The number of ether oxygens (including phenoxy) is 1. The molecule has 0 saturated carbocycles. The normalized spacial score (nSPS) is 11.9. The number of hydrogen-bond acceptors (Lipinski definition) is 5. The first kappa shape index (κ1) is 26.9. The fraction of sp³-hybridized carbons (Fsp3) is 0.429. The van der Waals surface area contributed by atoms with Crippen molar-refractivity contribution in [1.82, 2.24) is 19.8 Å². The first-order chi connectivity index (χ1) is 17.3. The number of aromatic nitrogens is 2. The molecule has 0 aliphatic carbocycles. The number of carbonyl (C=O) groups is 2. The molecule has 192 valence electrons. The molecular weight excluding hydrogens is 456 g/mol. The van der Waals surface area contributed by atoms with Crippen molar-refractivity contribution in [3.05, 3.63) is 70.3 Å². The lowest BCUT2D eigenvalue weighted by molar-refractivity contribution is -0.141. The molecule has 8 heteroatoms. The number of amides is 2. The molecule has 0 spiro atoms. The lowest BCUT2D eigenvalue weighted by Crippen LogP contribution is -2.47. The Kier molecular flexibility index (Phi) is 9.22. The highest BCUT2D eigenvalue weighted by atomic mass is 16.5. The van der Waals surface area contributed by atoms with Gasteiger partial charge in [-0.15, -0.1) is 0 Å². The summed E-state index contributed by atoms with van der Waals surface area (Å²) in [5.74, 6) is 0.134. The molecule has 3 aromatic rings. The van der Waals surface area contributed by atoms with E-state index in [9.17, 15) is 14.4 Å². The van der Waals surface area contributed by atoms with Crippen LogP contribution >= 0.6 is 0 Å². The molecular formula is C28H36N4O4. The van der Waals surface area contributed by atoms with Crippen LogP contribution in [0.2, 0.25) is 0 Å². The van der Waals surface area contributed by atoms with Crippen LogP contribution in [-0.4, -0.2) is 46.1 Å². The molecule has 1 aromatic heterocycles. The van der Waals surface area contributed by atoms with Crippen LogP contribution in [0.25, 0.3) is 16.6 Å². The number of esters is 1. The predicted octanol–water partition coefficient (Wildman–Crippen LogP) is 4.63. The van der Waals surface area contributed by atoms with Crippen molar-refractivity contribution < 1.29 is 14.3 Å². The smallest absolute Gasteiger partial charge is 0.325 e. The number of aryl methyl sites for hydroxylation is 1. The van der Waals surface area contributed by atoms with E-state index < -0.39 is 18.0 Å². The van der Waals surface area contributed by atoms with Crippen LogP contribution in [0.3, 0.4) is 0 Å². The van der Waals surface area contributed by atoms with Crippen LogP contribution in [0.5, 0.6) is 0 Å². The Morgan fingerprint density at radius 2 is 1.75 bits per heavy atom. The van der Waals surface area contributed by atoms with E-state index in [-0.39, 0.29) is 24.6 Å². The van der Waals surface area contributed by atoms with Gasteiger partial charge in [0, 0.05) is 6.54 Å². The number of benzene rings is 2. The summed E-state index contributed by atoms with van der Waals surface area (Å²) in [6, 6.07) is 14.2. The molecule has 0 aliphatic rings. The second-order valence-electron chi connectivity index (χ2n) is 9.08. The zero-order chi connectivity index (χ0) is 26.2. The molecule has 2 amide bonds. The Morgan fingerprint density at radius 3 is 2.36 bits per heavy atom.